The van der Waals surface area contributed by atoms with Gasteiger partial charge in [-0.3, -0.25) is 4.79 Å². The average molecular weight is 380 g/mol. The molecule has 6 nitrogen and oxygen atoms in total. The van der Waals surface area contributed by atoms with E-state index in [4.69, 9.17) is 4.42 Å². The fraction of sp³-hybridized carbons (Fsp3) is 0.286. The Kier molecular flexibility index (Phi) is 4.81. The van der Waals surface area contributed by atoms with Crippen molar-refractivity contribution < 1.29 is 13.6 Å². The van der Waals surface area contributed by atoms with Gasteiger partial charge in [-0.25, -0.2) is 14.4 Å². The summed E-state index contributed by atoms with van der Waals surface area (Å²) in [6, 6.07) is 9.93. The molecule has 0 bridgehead atoms. The van der Waals surface area contributed by atoms with Crippen molar-refractivity contribution in [3.63, 3.8) is 0 Å². The minimum atomic E-state index is -0.276. The number of aryl methyl sites for hydroxylation is 2. The van der Waals surface area contributed by atoms with Gasteiger partial charge in [-0.05, 0) is 44.2 Å². The highest BCUT2D eigenvalue weighted by atomic mass is 19.1. The van der Waals surface area contributed by atoms with Crippen molar-refractivity contribution in [3.8, 4) is 11.3 Å². The Morgan fingerprint density at radius 2 is 1.75 bits per heavy atom. The van der Waals surface area contributed by atoms with E-state index in [1.807, 2.05) is 24.8 Å². The zero-order valence-electron chi connectivity index (χ0n) is 15.9. The summed E-state index contributed by atoms with van der Waals surface area (Å²) in [6.45, 7) is 6.24. The summed E-state index contributed by atoms with van der Waals surface area (Å²) >= 11 is 0. The first-order chi connectivity index (χ1) is 13.5. The monoisotopic (exact) mass is 380 g/mol. The molecule has 0 aliphatic carbocycles. The molecular weight excluding hydrogens is 359 g/mol. The van der Waals surface area contributed by atoms with Crippen LogP contribution in [0.15, 0.2) is 47.1 Å². The lowest BCUT2D eigenvalue weighted by Gasteiger charge is -2.35. The summed E-state index contributed by atoms with van der Waals surface area (Å²) in [5.41, 5.74) is 2.21. The van der Waals surface area contributed by atoms with Gasteiger partial charge in [-0.1, -0.05) is 0 Å². The molecule has 1 aromatic carbocycles. The number of anilines is 1. The number of benzene rings is 1. The number of furan rings is 1. The number of nitrogens with zero attached hydrogens (tertiary/aromatic N) is 4. The zero-order valence-corrected chi connectivity index (χ0v) is 15.9. The summed E-state index contributed by atoms with van der Waals surface area (Å²) < 4.78 is 18.6. The van der Waals surface area contributed by atoms with E-state index in [2.05, 4.69) is 14.9 Å². The van der Waals surface area contributed by atoms with Gasteiger partial charge in [0.1, 0.15) is 29.5 Å². The van der Waals surface area contributed by atoms with Crippen LogP contribution in [0.4, 0.5) is 10.2 Å². The van der Waals surface area contributed by atoms with Gasteiger partial charge in [-0.15, -0.1) is 0 Å². The summed E-state index contributed by atoms with van der Waals surface area (Å²) in [4.78, 5) is 25.4. The lowest BCUT2D eigenvalue weighted by atomic mass is 10.1. The Hall–Kier alpha value is -3.22. The molecular formula is C21H21FN4O2. The van der Waals surface area contributed by atoms with Crippen LogP contribution in [0.2, 0.25) is 0 Å². The highest BCUT2D eigenvalue weighted by Gasteiger charge is 2.25. The third-order valence-electron chi connectivity index (χ3n) is 4.95. The zero-order chi connectivity index (χ0) is 19.7. The van der Waals surface area contributed by atoms with E-state index in [9.17, 15) is 9.18 Å². The molecule has 3 heterocycles. The molecule has 1 fully saturated rings. The second-order valence-corrected chi connectivity index (χ2v) is 6.87. The minimum Gasteiger partial charge on any atom is -0.466 e. The van der Waals surface area contributed by atoms with Crippen molar-refractivity contribution in [2.45, 2.75) is 13.8 Å². The summed E-state index contributed by atoms with van der Waals surface area (Å²) in [5, 5.41) is 0. The number of piperazine rings is 1. The van der Waals surface area contributed by atoms with Crippen molar-refractivity contribution in [2.75, 3.05) is 31.1 Å². The molecule has 0 N–H and O–H groups in total. The Morgan fingerprint density at radius 1 is 1.04 bits per heavy atom. The van der Waals surface area contributed by atoms with Crippen LogP contribution in [0.1, 0.15) is 21.9 Å². The maximum absolute atomic E-state index is 13.1. The standard InChI is InChI=1S/C21H21FN4O2/c1-14-11-18(15(2)28-14)21(27)26-9-7-25(8-10-26)20-12-19(23-13-24-20)16-3-5-17(22)6-4-16/h3-6,11-13H,7-10H2,1-2H3. The van der Waals surface area contributed by atoms with Crippen LogP contribution < -0.4 is 4.90 Å². The van der Waals surface area contributed by atoms with Gasteiger partial charge in [-0.2, -0.15) is 0 Å². The predicted octanol–water partition coefficient (Wildman–Crippen LogP) is 3.45. The first-order valence-corrected chi connectivity index (χ1v) is 9.20. The van der Waals surface area contributed by atoms with Crippen LogP contribution in [-0.2, 0) is 0 Å². The van der Waals surface area contributed by atoms with Gasteiger partial charge >= 0.3 is 0 Å². The number of amides is 1. The molecule has 3 aromatic rings. The second-order valence-electron chi connectivity index (χ2n) is 6.87. The van der Waals surface area contributed by atoms with Crippen LogP contribution in [0, 0.1) is 19.7 Å². The van der Waals surface area contributed by atoms with Gasteiger partial charge in [0.25, 0.3) is 5.91 Å². The number of carbonyl (C=O) groups excluding carboxylic acids is 1. The van der Waals surface area contributed by atoms with Gasteiger partial charge in [0.2, 0.25) is 0 Å². The van der Waals surface area contributed by atoms with E-state index >= 15 is 0 Å². The van der Waals surface area contributed by atoms with Crippen LogP contribution in [-0.4, -0.2) is 47.0 Å². The number of aromatic nitrogens is 2. The normalized spacial score (nSPS) is 14.4. The smallest absolute Gasteiger partial charge is 0.257 e. The molecule has 7 heteroatoms. The van der Waals surface area contributed by atoms with Crippen molar-refractivity contribution in [1.29, 1.82) is 0 Å². The lowest BCUT2D eigenvalue weighted by molar-refractivity contribution is 0.0744. The summed E-state index contributed by atoms with van der Waals surface area (Å²) in [6.07, 6.45) is 1.52. The maximum atomic E-state index is 13.1. The van der Waals surface area contributed by atoms with Crippen LogP contribution in [0.3, 0.4) is 0 Å². The highest BCUT2D eigenvalue weighted by Crippen LogP contribution is 2.23. The molecule has 0 atom stereocenters. The molecule has 144 valence electrons. The number of hydrogen-bond acceptors (Lipinski definition) is 5. The van der Waals surface area contributed by atoms with E-state index in [1.165, 1.54) is 18.5 Å². The first kappa shape index (κ1) is 18.2. The highest BCUT2D eigenvalue weighted by molar-refractivity contribution is 5.95. The Balaban J connectivity index is 1.45. The number of rotatable bonds is 3. The average Bonchev–Trinajstić information content (AvgIpc) is 3.06. The number of hydrogen-bond donors (Lipinski definition) is 0. The lowest BCUT2D eigenvalue weighted by Crippen LogP contribution is -2.49. The quantitative estimate of drug-likeness (QED) is 0.696. The fourth-order valence-corrected chi connectivity index (χ4v) is 3.45. The van der Waals surface area contributed by atoms with Gasteiger partial charge in [0.05, 0.1) is 11.3 Å². The van der Waals surface area contributed by atoms with E-state index in [-0.39, 0.29) is 11.7 Å². The summed E-state index contributed by atoms with van der Waals surface area (Å²) in [5.74, 6) is 1.93. The molecule has 28 heavy (non-hydrogen) atoms. The Bertz CT molecular complexity index is 992. The van der Waals surface area contributed by atoms with E-state index < -0.39 is 0 Å². The number of halogens is 1. The summed E-state index contributed by atoms with van der Waals surface area (Å²) in [7, 11) is 0. The van der Waals surface area contributed by atoms with Crippen molar-refractivity contribution >= 4 is 11.7 Å². The van der Waals surface area contributed by atoms with Crippen LogP contribution >= 0.6 is 0 Å². The van der Waals surface area contributed by atoms with Crippen molar-refractivity contribution in [2.24, 2.45) is 0 Å². The van der Waals surface area contributed by atoms with Crippen molar-refractivity contribution in [3.05, 3.63) is 65.6 Å². The van der Waals surface area contributed by atoms with Crippen molar-refractivity contribution in [1.82, 2.24) is 14.9 Å². The van der Waals surface area contributed by atoms with E-state index in [1.54, 1.807) is 18.2 Å². The number of carbonyl (C=O) groups is 1. The topological polar surface area (TPSA) is 62.5 Å². The Morgan fingerprint density at radius 3 is 2.39 bits per heavy atom. The molecule has 0 saturated carbocycles. The predicted molar refractivity (Wildman–Crippen MR) is 104 cm³/mol. The third-order valence-corrected chi connectivity index (χ3v) is 4.95. The maximum Gasteiger partial charge on any atom is 0.257 e. The molecule has 1 aliphatic heterocycles. The molecule has 2 aromatic heterocycles. The SMILES string of the molecule is Cc1cc(C(=O)N2CCN(c3cc(-c4ccc(F)cc4)ncn3)CC2)c(C)o1. The van der Waals surface area contributed by atoms with Crippen LogP contribution in [0.25, 0.3) is 11.3 Å². The molecule has 0 radical (unpaired) electrons. The molecule has 0 unspecified atom stereocenters. The largest absolute Gasteiger partial charge is 0.466 e. The second kappa shape index (κ2) is 7.42. The van der Waals surface area contributed by atoms with E-state index in [0.717, 1.165) is 22.8 Å². The van der Waals surface area contributed by atoms with Crippen LogP contribution in [0.5, 0.6) is 0 Å². The van der Waals surface area contributed by atoms with Gasteiger partial charge in [0.15, 0.2) is 0 Å². The molecule has 1 amide bonds. The minimum absolute atomic E-state index is 0.00342. The third kappa shape index (κ3) is 3.60. The molecule has 0 spiro atoms. The molecule has 4 rings (SSSR count). The van der Waals surface area contributed by atoms with Gasteiger partial charge < -0.3 is 14.2 Å². The van der Waals surface area contributed by atoms with E-state index in [0.29, 0.717) is 37.5 Å². The Labute approximate surface area is 162 Å². The molecule has 1 saturated heterocycles. The first-order valence-electron chi connectivity index (χ1n) is 9.20. The molecule has 1 aliphatic rings. The fourth-order valence-electron chi connectivity index (χ4n) is 3.45. The van der Waals surface area contributed by atoms with Gasteiger partial charge in [0, 0.05) is 37.8 Å².